The van der Waals surface area contributed by atoms with Gasteiger partial charge >= 0.3 is 0 Å². The van der Waals surface area contributed by atoms with Gasteiger partial charge < -0.3 is 5.73 Å². The molecule has 0 bridgehead atoms. The second-order valence-electron chi connectivity index (χ2n) is 4.04. The summed E-state index contributed by atoms with van der Waals surface area (Å²) in [5, 5.41) is 0.273. The Morgan fingerprint density at radius 2 is 1.62 bits per heavy atom. The molecule has 0 radical (unpaired) electrons. The smallest absolute Gasteiger partial charge is 0.267 e. The molecule has 2 aromatic rings. The molecule has 9 heteroatoms. The number of benzene rings is 2. The van der Waals surface area contributed by atoms with E-state index in [1.807, 2.05) is 4.72 Å². The Morgan fingerprint density at radius 3 is 2.14 bits per heavy atom. The van der Waals surface area contributed by atoms with Crippen molar-refractivity contribution in [3.63, 3.8) is 0 Å². The zero-order chi connectivity index (χ0) is 15.8. The van der Waals surface area contributed by atoms with Gasteiger partial charge in [0.1, 0.15) is 11.6 Å². The van der Waals surface area contributed by atoms with Gasteiger partial charge in [0.15, 0.2) is 4.90 Å². The monoisotopic (exact) mass is 352 g/mol. The van der Waals surface area contributed by atoms with Gasteiger partial charge in [-0.2, -0.15) is 0 Å². The van der Waals surface area contributed by atoms with E-state index in [9.17, 15) is 17.2 Å². The highest BCUT2D eigenvalue weighted by Crippen LogP contribution is 2.29. The fraction of sp³-hybridized carbons (Fsp3) is 0. The van der Waals surface area contributed by atoms with Gasteiger partial charge in [-0.15, -0.1) is 0 Å². The van der Waals surface area contributed by atoms with Gasteiger partial charge in [-0.25, -0.2) is 17.2 Å². The van der Waals surface area contributed by atoms with Crippen LogP contribution in [-0.2, 0) is 10.0 Å². The lowest BCUT2D eigenvalue weighted by molar-refractivity contribution is 0.522. The highest BCUT2D eigenvalue weighted by Gasteiger charge is 2.25. The summed E-state index contributed by atoms with van der Waals surface area (Å²) in [6, 6.07) is 5.36. The maximum atomic E-state index is 13.7. The summed E-state index contributed by atoms with van der Waals surface area (Å²) >= 11 is 11.5. The van der Waals surface area contributed by atoms with E-state index < -0.39 is 26.6 Å². The molecule has 21 heavy (non-hydrogen) atoms. The lowest BCUT2D eigenvalue weighted by Crippen LogP contribution is -2.17. The number of hydrogen-bond donors (Lipinski definition) is 2. The Balaban J connectivity index is 2.48. The predicted molar refractivity (Wildman–Crippen MR) is 78.0 cm³/mol. The van der Waals surface area contributed by atoms with Crippen LogP contribution in [0.4, 0.5) is 20.2 Å². The van der Waals surface area contributed by atoms with Crippen LogP contribution < -0.4 is 10.5 Å². The summed E-state index contributed by atoms with van der Waals surface area (Å²) in [6.45, 7) is 0. The molecule has 0 aliphatic rings. The van der Waals surface area contributed by atoms with Crippen LogP contribution in [-0.4, -0.2) is 8.42 Å². The van der Waals surface area contributed by atoms with E-state index in [4.69, 9.17) is 28.9 Å². The average molecular weight is 353 g/mol. The molecule has 0 saturated carbocycles. The average Bonchev–Trinajstić information content (AvgIpc) is 2.30. The van der Waals surface area contributed by atoms with Gasteiger partial charge in [0, 0.05) is 10.7 Å². The van der Waals surface area contributed by atoms with Crippen molar-refractivity contribution in [1.82, 2.24) is 0 Å². The molecule has 2 rings (SSSR count). The van der Waals surface area contributed by atoms with Crippen LogP contribution >= 0.6 is 23.2 Å². The van der Waals surface area contributed by atoms with Crippen LogP contribution in [0, 0.1) is 11.6 Å². The Hall–Kier alpha value is -1.57. The first kappa shape index (κ1) is 15.8. The summed E-state index contributed by atoms with van der Waals surface area (Å²) in [6.07, 6.45) is 0. The van der Waals surface area contributed by atoms with E-state index in [0.717, 1.165) is 0 Å². The predicted octanol–water partition coefficient (Wildman–Crippen LogP) is 3.65. The number of hydrogen-bond acceptors (Lipinski definition) is 3. The molecule has 0 unspecified atom stereocenters. The van der Waals surface area contributed by atoms with Crippen molar-refractivity contribution in [2.75, 3.05) is 10.5 Å². The molecule has 2 aromatic carbocycles. The normalized spacial score (nSPS) is 11.4. The molecule has 0 amide bonds. The molecular formula is C12H8Cl2F2N2O2S. The van der Waals surface area contributed by atoms with E-state index in [1.54, 1.807) is 0 Å². The van der Waals surface area contributed by atoms with Gasteiger partial charge in [0.05, 0.1) is 10.7 Å². The molecule has 0 spiro atoms. The highest BCUT2D eigenvalue weighted by molar-refractivity contribution is 7.92. The molecule has 0 aliphatic heterocycles. The molecule has 0 aliphatic carbocycles. The molecule has 0 aromatic heterocycles. The standard InChI is InChI=1S/C12H8Cl2F2N2O2S/c13-6-1-2-11(8(14)3-6)18-21(19,20)12-9(15)4-7(17)5-10(12)16/h1-5,18H,17H2. The lowest BCUT2D eigenvalue weighted by atomic mass is 10.3. The SMILES string of the molecule is Nc1cc(F)c(S(=O)(=O)Nc2ccc(Cl)cc2Cl)c(F)c1. The van der Waals surface area contributed by atoms with Crippen molar-refractivity contribution < 1.29 is 17.2 Å². The van der Waals surface area contributed by atoms with Crippen molar-refractivity contribution in [2.45, 2.75) is 4.90 Å². The maximum absolute atomic E-state index is 13.7. The zero-order valence-electron chi connectivity index (χ0n) is 10.2. The molecule has 112 valence electrons. The van der Waals surface area contributed by atoms with Crippen LogP contribution in [0.2, 0.25) is 10.0 Å². The number of nitrogens with two attached hydrogens (primary N) is 1. The Morgan fingerprint density at radius 1 is 1.05 bits per heavy atom. The zero-order valence-corrected chi connectivity index (χ0v) is 12.5. The second kappa shape index (κ2) is 5.67. The molecule has 4 nitrogen and oxygen atoms in total. The van der Waals surface area contributed by atoms with Gasteiger partial charge in [0.2, 0.25) is 0 Å². The number of halogens is 4. The van der Waals surface area contributed by atoms with Crippen molar-refractivity contribution in [2.24, 2.45) is 0 Å². The second-order valence-corrected chi connectivity index (χ2v) is 6.51. The number of nitrogen functional groups attached to an aromatic ring is 1. The number of nitrogens with one attached hydrogen (secondary N) is 1. The van der Waals surface area contributed by atoms with Gasteiger partial charge in [-0.3, -0.25) is 4.72 Å². The molecular weight excluding hydrogens is 345 g/mol. The minimum Gasteiger partial charge on any atom is -0.399 e. The topological polar surface area (TPSA) is 72.2 Å². The summed E-state index contributed by atoms with van der Waals surface area (Å²) in [7, 11) is -4.51. The quantitative estimate of drug-likeness (QED) is 0.828. The van der Waals surface area contributed by atoms with Crippen molar-refractivity contribution >= 4 is 44.6 Å². The fourth-order valence-corrected chi connectivity index (χ4v) is 3.32. The summed E-state index contributed by atoms with van der Waals surface area (Å²) < 4.78 is 53.5. The number of anilines is 2. The minimum absolute atomic E-state index is 0.0117. The fourth-order valence-electron chi connectivity index (χ4n) is 1.60. The Kier molecular flexibility index (Phi) is 4.27. The first-order valence-corrected chi connectivity index (χ1v) is 7.67. The van der Waals surface area contributed by atoms with E-state index >= 15 is 0 Å². The highest BCUT2D eigenvalue weighted by atomic mass is 35.5. The Labute approximate surface area is 129 Å². The van der Waals surface area contributed by atoms with Gasteiger partial charge in [-0.05, 0) is 30.3 Å². The summed E-state index contributed by atoms with van der Waals surface area (Å²) in [5.74, 6) is -2.60. The van der Waals surface area contributed by atoms with Gasteiger partial charge in [0.25, 0.3) is 10.0 Å². The third kappa shape index (κ3) is 3.37. The first-order valence-electron chi connectivity index (χ1n) is 5.43. The number of rotatable bonds is 3. The van der Waals surface area contributed by atoms with Gasteiger partial charge in [-0.1, -0.05) is 23.2 Å². The van der Waals surface area contributed by atoms with Crippen LogP contribution in [0.5, 0.6) is 0 Å². The third-order valence-corrected chi connectivity index (χ3v) is 4.43. The van der Waals surface area contributed by atoms with Crippen molar-refractivity contribution in [3.05, 3.63) is 52.0 Å². The Bertz CT molecular complexity index is 790. The van der Waals surface area contributed by atoms with E-state index in [-0.39, 0.29) is 21.4 Å². The van der Waals surface area contributed by atoms with Crippen LogP contribution in [0.3, 0.4) is 0 Å². The maximum Gasteiger partial charge on any atom is 0.267 e. The molecule has 3 N–H and O–H groups in total. The minimum atomic E-state index is -4.51. The van der Waals surface area contributed by atoms with Crippen LogP contribution in [0.1, 0.15) is 0 Å². The summed E-state index contributed by atoms with van der Waals surface area (Å²) in [5.41, 5.74) is 4.95. The van der Waals surface area contributed by atoms with Crippen molar-refractivity contribution in [3.8, 4) is 0 Å². The van der Waals surface area contributed by atoms with Crippen LogP contribution in [0.25, 0.3) is 0 Å². The molecule has 0 heterocycles. The van der Waals surface area contributed by atoms with Crippen molar-refractivity contribution in [1.29, 1.82) is 0 Å². The van der Waals surface area contributed by atoms with E-state index in [0.29, 0.717) is 12.1 Å². The lowest BCUT2D eigenvalue weighted by Gasteiger charge is -2.11. The van der Waals surface area contributed by atoms with E-state index in [1.165, 1.54) is 18.2 Å². The first-order chi connectivity index (χ1) is 9.70. The molecule has 0 saturated heterocycles. The van der Waals surface area contributed by atoms with E-state index in [2.05, 4.69) is 0 Å². The largest absolute Gasteiger partial charge is 0.399 e. The third-order valence-electron chi connectivity index (χ3n) is 2.46. The molecule has 0 atom stereocenters. The van der Waals surface area contributed by atoms with Crippen LogP contribution in [0.15, 0.2) is 35.2 Å². The summed E-state index contributed by atoms with van der Waals surface area (Å²) in [4.78, 5) is -1.14. The molecule has 0 fully saturated rings. The number of sulfonamides is 1.